The van der Waals surface area contributed by atoms with Crippen LogP contribution < -0.4 is 9.80 Å². The van der Waals surface area contributed by atoms with Gasteiger partial charge in [0.25, 0.3) is 0 Å². The lowest BCUT2D eigenvalue weighted by Gasteiger charge is -2.32. The van der Waals surface area contributed by atoms with Gasteiger partial charge < -0.3 is 14.4 Å². The number of aromatic nitrogens is 1. The minimum absolute atomic E-state index is 0.546. The number of nitrogens with zero attached hydrogens (tertiary/aromatic N) is 3. The second-order valence-electron chi connectivity index (χ2n) is 18.0. The van der Waals surface area contributed by atoms with Gasteiger partial charge in [-0.15, -0.1) is 0 Å². The van der Waals surface area contributed by atoms with E-state index in [1.54, 1.807) is 0 Å². The normalized spacial score (nSPS) is 14.2. The summed E-state index contributed by atoms with van der Waals surface area (Å²) in [6, 6.07) is 96.1. The van der Waals surface area contributed by atoms with Crippen LogP contribution in [0.4, 0.5) is 34.1 Å². The second-order valence-corrected chi connectivity index (χ2v) is 18.0. The number of anilines is 6. The van der Waals surface area contributed by atoms with E-state index < -0.39 is 5.41 Å². The zero-order valence-corrected chi connectivity index (χ0v) is 37.2. The van der Waals surface area contributed by atoms with Crippen molar-refractivity contribution in [1.82, 2.24) is 4.57 Å². The summed E-state index contributed by atoms with van der Waals surface area (Å²) in [5, 5.41) is 4.90. The second kappa shape index (κ2) is 15.1. The topological polar surface area (TPSA) is 11.4 Å². The number of rotatable bonds is 7. The minimum atomic E-state index is -0.546. The quantitative estimate of drug-likeness (QED) is 0.158. The van der Waals surface area contributed by atoms with Crippen molar-refractivity contribution in [2.24, 2.45) is 0 Å². The van der Waals surface area contributed by atoms with Crippen molar-refractivity contribution in [3.05, 3.63) is 283 Å². The van der Waals surface area contributed by atoms with Crippen molar-refractivity contribution in [1.29, 1.82) is 0 Å². The molecule has 0 amide bonds. The molecule has 2 aliphatic carbocycles. The SMILES string of the molecule is c1ccc(N(c2ccc3c4ccccc4n(-c4ccccc4)c3c2)c2cccc3c2-c2ccccc2C32c3ccccc3-c3cc(N(c4ccccc4)c4cccc5ccccc45)ccc32)cc1. The smallest absolute Gasteiger partial charge is 0.0726 e. The highest BCUT2D eigenvalue weighted by Crippen LogP contribution is 2.65. The number of fused-ring (bicyclic) bond motifs is 14. The molecule has 3 heteroatoms. The molecular formula is C65H43N3. The molecule has 0 fully saturated rings. The van der Waals surface area contributed by atoms with E-state index >= 15 is 0 Å². The van der Waals surface area contributed by atoms with E-state index in [1.807, 2.05) is 0 Å². The fourth-order valence-electron chi connectivity index (χ4n) is 11.9. The molecule has 1 aromatic heterocycles. The van der Waals surface area contributed by atoms with Crippen molar-refractivity contribution in [3.63, 3.8) is 0 Å². The monoisotopic (exact) mass is 865 g/mol. The Bertz CT molecular complexity index is 3920. The van der Waals surface area contributed by atoms with Gasteiger partial charge in [-0.05, 0) is 123 Å². The molecule has 0 saturated heterocycles. The van der Waals surface area contributed by atoms with Crippen molar-refractivity contribution >= 4 is 66.7 Å². The van der Waals surface area contributed by atoms with Crippen molar-refractivity contribution in [2.45, 2.75) is 5.41 Å². The first-order valence-electron chi connectivity index (χ1n) is 23.5. The van der Waals surface area contributed by atoms with Gasteiger partial charge in [0, 0.05) is 50.2 Å². The third-order valence-electron chi connectivity index (χ3n) is 14.5. The molecule has 3 nitrogen and oxygen atoms in total. The molecule has 14 rings (SSSR count). The molecule has 68 heavy (non-hydrogen) atoms. The summed E-state index contributed by atoms with van der Waals surface area (Å²) >= 11 is 0. The molecule has 318 valence electrons. The van der Waals surface area contributed by atoms with Gasteiger partial charge in [-0.1, -0.05) is 182 Å². The first-order chi connectivity index (χ1) is 33.8. The van der Waals surface area contributed by atoms with Gasteiger partial charge in [-0.25, -0.2) is 0 Å². The van der Waals surface area contributed by atoms with E-state index in [4.69, 9.17) is 0 Å². The summed E-state index contributed by atoms with van der Waals surface area (Å²) in [4.78, 5) is 4.91. The zero-order chi connectivity index (χ0) is 44.8. The molecular weight excluding hydrogens is 823 g/mol. The van der Waals surface area contributed by atoms with Crippen molar-refractivity contribution < 1.29 is 0 Å². The van der Waals surface area contributed by atoms with E-state index in [9.17, 15) is 0 Å². The third kappa shape index (κ3) is 5.47. The molecule has 0 aliphatic heterocycles. The molecule has 1 heterocycles. The first kappa shape index (κ1) is 38.4. The number of hydrogen-bond acceptors (Lipinski definition) is 2. The van der Waals surface area contributed by atoms with E-state index in [0.717, 1.165) is 39.8 Å². The van der Waals surface area contributed by atoms with Gasteiger partial charge >= 0.3 is 0 Å². The molecule has 11 aromatic carbocycles. The highest BCUT2D eigenvalue weighted by atomic mass is 15.2. The molecule has 0 radical (unpaired) electrons. The van der Waals surface area contributed by atoms with Gasteiger partial charge in [0.1, 0.15) is 0 Å². The maximum Gasteiger partial charge on any atom is 0.0726 e. The van der Waals surface area contributed by atoms with E-state index in [0.29, 0.717) is 0 Å². The van der Waals surface area contributed by atoms with Crippen LogP contribution in [-0.4, -0.2) is 4.57 Å². The van der Waals surface area contributed by atoms with Crippen LogP contribution in [0, 0.1) is 0 Å². The van der Waals surface area contributed by atoms with Gasteiger partial charge in [0.05, 0.1) is 27.8 Å². The predicted molar refractivity (Wildman–Crippen MR) is 284 cm³/mol. The largest absolute Gasteiger partial charge is 0.310 e. The molecule has 0 bridgehead atoms. The van der Waals surface area contributed by atoms with Crippen LogP contribution in [0.3, 0.4) is 0 Å². The van der Waals surface area contributed by atoms with Crippen molar-refractivity contribution in [3.8, 4) is 27.9 Å². The van der Waals surface area contributed by atoms with Crippen LogP contribution in [0.25, 0.3) is 60.5 Å². The Morgan fingerprint density at radius 3 is 1.59 bits per heavy atom. The van der Waals surface area contributed by atoms with Crippen molar-refractivity contribution in [2.75, 3.05) is 9.80 Å². The van der Waals surface area contributed by atoms with Crippen LogP contribution in [0.2, 0.25) is 0 Å². The average Bonchev–Trinajstić information content (AvgIpc) is 4.01. The lowest BCUT2D eigenvalue weighted by molar-refractivity contribution is 0.793. The lowest BCUT2D eigenvalue weighted by Crippen LogP contribution is -2.26. The van der Waals surface area contributed by atoms with E-state index in [2.05, 4.69) is 275 Å². The van der Waals surface area contributed by atoms with Gasteiger partial charge in [-0.3, -0.25) is 0 Å². The summed E-state index contributed by atoms with van der Waals surface area (Å²) in [5.74, 6) is 0. The Hall–Kier alpha value is -8.92. The number of para-hydroxylation sites is 4. The van der Waals surface area contributed by atoms with Crippen LogP contribution in [-0.2, 0) is 5.41 Å². The average molecular weight is 866 g/mol. The zero-order valence-electron chi connectivity index (χ0n) is 37.2. The highest BCUT2D eigenvalue weighted by molar-refractivity contribution is 6.11. The Morgan fingerprint density at radius 1 is 0.294 bits per heavy atom. The Balaban J connectivity index is 1.01. The maximum atomic E-state index is 2.48. The fourth-order valence-corrected chi connectivity index (χ4v) is 11.9. The molecule has 1 spiro atoms. The predicted octanol–water partition coefficient (Wildman–Crippen LogP) is 17.2. The Labute approximate surface area is 395 Å². The molecule has 2 aliphatic rings. The van der Waals surface area contributed by atoms with Gasteiger partial charge in [-0.2, -0.15) is 0 Å². The van der Waals surface area contributed by atoms with Gasteiger partial charge in [0.15, 0.2) is 0 Å². The van der Waals surface area contributed by atoms with Crippen LogP contribution in [0.15, 0.2) is 261 Å². The van der Waals surface area contributed by atoms with Gasteiger partial charge in [0.2, 0.25) is 0 Å². The van der Waals surface area contributed by atoms with Crippen LogP contribution in [0.1, 0.15) is 22.3 Å². The number of benzene rings is 11. The first-order valence-corrected chi connectivity index (χ1v) is 23.5. The highest BCUT2D eigenvalue weighted by Gasteiger charge is 2.52. The summed E-state index contributed by atoms with van der Waals surface area (Å²) < 4.78 is 2.41. The molecule has 0 N–H and O–H groups in total. The Morgan fingerprint density at radius 2 is 0.809 bits per heavy atom. The third-order valence-corrected chi connectivity index (χ3v) is 14.5. The molecule has 1 atom stereocenters. The summed E-state index contributed by atoms with van der Waals surface area (Å²) in [6.07, 6.45) is 0. The molecule has 0 saturated carbocycles. The fraction of sp³-hybridized carbons (Fsp3) is 0.0154. The lowest BCUT2D eigenvalue weighted by atomic mass is 9.70. The molecule has 12 aromatic rings. The van der Waals surface area contributed by atoms with Crippen LogP contribution >= 0.6 is 0 Å². The standard InChI is InChI=1S/C65H43N3/c1-4-22-45(23-5-1)66(60-36-18-21-44-20-10-11-28-50(44)60)48-39-41-58-55(42-48)51-29-12-15-32-56(51)65(58)57-33-16-13-31-54(57)64-59(65)34-19-37-62(64)67(46-24-6-2-7-25-46)49-38-40-53-52-30-14-17-35-61(52)68(63(53)43-49)47-26-8-3-9-27-47/h1-43H. The number of hydrogen-bond donors (Lipinski definition) is 0. The van der Waals surface area contributed by atoms with E-state index in [1.165, 1.54) is 77.1 Å². The maximum absolute atomic E-state index is 2.48. The van der Waals surface area contributed by atoms with Crippen LogP contribution in [0.5, 0.6) is 0 Å². The summed E-state index contributed by atoms with van der Waals surface area (Å²) in [5.41, 5.74) is 20.0. The minimum Gasteiger partial charge on any atom is -0.310 e. The Kier molecular flexibility index (Phi) is 8.50. The summed E-state index contributed by atoms with van der Waals surface area (Å²) in [7, 11) is 0. The molecule has 1 unspecified atom stereocenters. The van der Waals surface area contributed by atoms with E-state index in [-0.39, 0.29) is 0 Å². The summed E-state index contributed by atoms with van der Waals surface area (Å²) in [6.45, 7) is 0.